The van der Waals surface area contributed by atoms with Gasteiger partial charge in [0.15, 0.2) is 23.3 Å². The number of carbonyl (C=O) groups excluding carboxylic acids is 2. The highest BCUT2D eigenvalue weighted by molar-refractivity contribution is 6.19. The highest BCUT2D eigenvalue weighted by Crippen LogP contribution is 2.25. The van der Waals surface area contributed by atoms with E-state index in [1.54, 1.807) is 6.92 Å². The Labute approximate surface area is 131 Å². The number of hydrogen-bond acceptors (Lipinski definition) is 4. The van der Waals surface area contributed by atoms with Gasteiger partial charge in [0.05, 0.1) is 12.2 Å². The van der Waals surface area contributed by atoms with E-state index in [0.29, 0.717) is 0 Å². The maximum atomic E-state index is 13.9. The molecule has 1 aliphatic rings. The van der Waals surface area contributed by atoms with Crippen LogP contribution in [0.1, 0.15) is 35.7 Å². The lowest BCUT2D eigenvalue weighted by Crippen LogP contribution is -2.29. The first-order chi connectivity index (χ1) is 10.9. The monoisotopic (exact) mass is 327 g/mol. The fraction of sp³-hybridized carbons (Fsp3) is 0.438. The molecule has 0 heterocycles. The topological polar surface area (TPSA) is 55.7 Å². The predicted molar refractivity (Wildman–Crippen MR) is 77.0 cm³/mol. The van der Waals surface area contributed by atoms with Crippen LogP contribution in [0.25, 0.3) is 0 Å². The Balaban J connectivity index is 2.40. The van der Waals surface area contributed by atoms with Gasteiger partial charge in [-0.25, -0.2) is 13.2 Å². The summed E-state index contributed by atoms with van der Waals surface area (Å²) < 4.78 is 45.5. The van der Waals surface area contributed by atoms with Crippen molar-refractivity contribution in [1.82, 2.24) is 0 Å². The summed E-state index contributed by atoms with van der Waals surface area (Å²) in [5, 5.41) is 0. The van der Waals surface area contributed by atoms with E-state index in [2.05, 4.69) is 4.99 Å². The van der Waals surface area contributed by atoms with Crippen LogP contribution in [-0.2, 0) is 9.53 Å². The van der Waals surface area contributed by atoms with Gasteiger partial charge in [-0.15, -0.1) is 0 Å². The van der Waals surface area contributed by atoms with Gasteiger partial charge in [-0.1, -0.05) is 0 Å². The van der Waals surface area contributed by atoms with Crippen LogP contribution in [0.5, 0.6) is 0 Å². The van der Waals surface area contributed by atoms with Gasteiger partial charge in [0.2, 0.25) is 0 Å². The van der Waals surface area contributed by atoms with Crippen molar-refractivity contribution in [2.24, 2.45) is 10.9 Å². The highest BCUT2D eigenvalue weighted by Gasteiger charge is 2.33. The Morgan fingerprint density at radius 3 is 2.57 bits per heavy atom. The molecule has 0 aliphatic heterocycles. The summed E-state index contributed by atoms with van der Waals surface area (Å²) in [4.78, 5) is 28.5. The molecule has 1 atom stereocenters. The summed E-state index contributed by atoms with van der Waals surface area (Å²) in [6, 6.07) is 0.325. The van der Waals surface area contributed by atoms with Crippen molar-refractivity contribution in [3.8, 4) is 0 Å². The second-order valence-electron chi connectivity index (χ2n) is 5.28. The van der Waals surface area contributed by atoms with Crippen LogP contribution in [0.4, 0.5) is 13.2 Å². The van der Waals surface area contributed by atoms with Gasteiger partial charge in [0.25, 0.3) is 0 Å². The molecule has 7 heteroatoms. The third kappa shape index (κ3) is 3.78. The summed E-state index contributed by atoms with van der Waals surface area (Å²) in [5.41, 5.74) is -1.15. The van der Waals surface area contributed by atoms with E-state index < -0.39 is 46.2 Å². The number of esters is 1. The van der Waals surface area contributed by atoms with Crippen LogP contribution < -0.4 is 0 Å². The minimum Gasteiger partial charge on any atom is -0.465 e. The number of ketones is 1. The molecule has 1 aromatic rings. The number of ether oxygens (including phenoxy) is 1. The van der Waals surface area contributed by atoms with E-state index in [-0.39, 0.29) is 18.7 Å². The summed E-state index contributed by atoms with van der Waals surface area (Å²) in [6.07, 6.45) is 2.80. The molecular formula is C16H16F3NO3. The second kappa shape index (κ2) is 6.93. The minimum atomic E-state index is -1.48. The minimum absolute atomic E-state index is 0.0269. The average Bonchev–Trinajstić information content (AvgIpc) is 3.29. The zero-order valence-electron chi connectivity index (χ0n) is 12.7. The van der Waals surface area contributed by atoms with E-state index in [9.17, 15) is 22.8 Å². The van der Waals surface area contributed by atoms with Crippen molar-refractivity contribution in [2.45, 2.75) is 32.7 Å². The molecule has 0 radical (unpaired) electrons. The molecule has 124 valence electrons. The standard InChI is InChI=1S/C16H16F3NO3/c1-3-23-16(22)10(7-20-9-4-5-9)15(21)13-8(2)14(19)12(18)6-11(13)17/h6-7,9-10H,3-5H2,1-2H3. The van der Waals surface area contributed by atoms with Gasteiger partial charge in [-0.3, -0.25) is 14.6 Å². The number of hydrogen-bond donors (Lipinski definition) is 0. The SMILES string of the molecule is CCOC(=O)C(C=NC1CC1)C(=O)c1c(F)cc(F)c(F)c1C. The van der Waals surface area contributed by atoms with Crippen LogP contribution in [0, 0.1) is 30.3 Å². The molecule has 0 amide bonds. The zero-order chi connectivity index (χ0) is 17.1. The summed E-state index contributed by atoms with van der Waals surface area (Å²) >= 11 is 0. The molecule has 0 bridgehead atoms. The van der Waals surface area contributed by atoms with Crippen LogP contribution >= 0.6 is 0 Å². The Kier molecular flexibility index (Phi) is 5.18. The summed E-state index contributed by atoms with van der Waals surface area (Å²) in [7, 11) is 0. The molecule has 1 aliphatic carbocycles. The molecule has 0 aromatic heterocycles. The molecular weight excluding hydrogens is 311 g/mol. The number of Topliss-reactive ketones (excluding diaryl/α,β-unsaturated/α-hetero) is 1. The number of nitrogens with zero attached hydrogens (tertiary/aromatic N) is 1. The Bertz CT molecular complexity index is 669. The van der Waals surface area contributed by atoms with E-state index in [1.165, 1.54) is 0 Å². The molecule has 0 saturated heterocycles. The third-order valence-electron chi connectivity index (χ3n) is 3.47. The smallest absolute Gasteiger partial charge is 0.322 e. The molecule has 1 fully saturated rings. The van der Waals surface area contributed by atoms with E-state index >= 15 is 0 Å². The number of aliphatic imine (C=N–C) groups is 1. The molecule has 23 heavy (non-hydrogen) atoms. The van der Waals surface area contributed by atoms with Gasteiger partial charge in [0, 0.05) is 23.9 Å². The molecule has 1 aromatic carbocycles. The largest absolute Gasteiger partial charge is 0.465 e. The molecule has 4 nitrogen and oxygen atoms in total. The average molecular weight is 327 g/mol. The van der Waals surface area contributed by atoms with Crippen molar-refractivity contribution in [2.75, 3.05) is 6.61 Å². The van der Waals surface area contributed by atoms with Crippen molar-refractivity contribution < 1.29 is 27.5 Å². The zero-order valence-corrected chi connectivity index (χ0v) is 12.7. The fourth-order valence-electron chi connectivity index (χ4n) is 2.07. The van der Waals surface area contributed by atoms with Crippen molar-refractivity contribution >= 4 is 18.0 Å². The Hall–Kier alpha value is -2.18. The van der Waals surface area contributed by atoms with Gasteiger partial charge in [-0.05, 0) is 26.7 Å². The summed E-state index contributed by atoms with van der Waals surface area (Å²) in [6.45, 7) is 2.66. The predicted octanol–water partition coefficient (Wildman–Crippen LogP) is 3.01. The summed E-state index contributed by atoms with van der Waals surface area (Å²) in [5.74, 6) is -7.31. The lowest BCUT2D eigenvalue weighted by Gasteiger charge is -2.13. The first-order valence-electron chi connectivity index (χ1n) is 7.25. The highest BCUT2D eigenvalue weighted by atomic mass is 19.2. The van der Waals surface area contributed by atoms with Gasteiger partial charge < -0.3 is 4.74 Å². The maximum Gasteiger partial charge on any atom is 0.322 e. The second-order valence-corrected chi connectivity index (χ2v) is 5.28. The van der Waals surface area contributed by atoms with Crippen LogP contribution in [0.15, 0.2) is 11.1 Å². The molecule has 1 saturated carbocycles. The lowest BCUT2D eigenvalue weighted by molar-refractivity contribution is -0.143. The lowest BCUT2D eigenvalue weighted by atomic mass is 9.94. The number of carbonyl (C=O) groups is 2. The first-order valence-corrected chi connectivity index (χ1v) is 7.25. The van der Waals surface area contributed by atoms with Gasteiger partial charge in [-0.2, -0.15) is 0 Å². The van der Waals surface area contributed by atoms with Gasteiger partial charge >= 0.3 is 5.97 Å². The molecule has 0 spiro atoms. The third-order valence-corrected chi connectivity index (χ3v) is 3.47. The molecule has 1 unspecified atom stereocenters. The normalized spacial score (nSPS) is 15.7. The number of rotatable bonds is 6. The van der Waals surface area contributed by atoms with Crippen LogP contribution in [0.2, 0.25) is 0 Å². The van der Waals surface area contributed by atoms with Crippen molar-refractivity contribution in [3.63, 3.8) is 0 Å². The Morgan fingerprint density at radius 1 is 1.35 bits per heavy atom. The quantitative estimate of drug-likeness (QED) is 0.265. The molecule has 2 rings (SSSR count). The van der Waals surface area contributed by atoms with Crippen LogP contribution in [-0.4, -0.2) is 30.6 Å². The van der Waals surface area contributed by atoms with Crippen molar-refractivity contribution in [3.05, 3.63) is 34.6 Å². The first kappa shape index (κ1) is 17.2. The van der Waals surface area contributed by atoms with Crippen LogP contribution in [0.3, 0.4) is 0 Å². The number of halogens is 3. The molecule has 0 N–H and O–H groups in total. The van der Waals surface area contributed by atoms with E-state index in [1.807, 2.05) is 0 Å². The van der Waals surface area contributed by atoms with Crippen molar-refractivity contribution in [1.29, 1.82) is 0 Å². The Morgan fingerprint density at radius 2 is 2.00 bits per heavy atom. The van der Waals surface area contributed by atoms with E-state index in [4.69, 9.17) is 4.74 Å². The number of benzene rings is 1. The van der Waals surface area contributed by atoms with E-state index in [0.717, 1.165) is 26.0 Å². The maximum absolute atomic E-state index is 13.9. The fourth-order valence-corrected chi connectivity index (χ4v) is 2.07. The van der Waals surface area contributed by atoms with Gasteiger partial charge in [0.1, 0.15) is 5.82 Å².